The second-order valence-electron chi connectivity index (χ2n) is 4.41. The smallest absolute Gasteiger partial charge is 0.145 e. The van der Waals surface area contributed by atoms with Crippen molar-refractivity contribution in [2.45, 2.75) is 4.32 Å². The van der Waals surface area contributed by atoms with E-state index in [2.05, 4.69) is 15.9 Å². The molecule has 0 aliphatic rings. The van der Waals surface area contributed by atoms with E-state index in [0.29, 0.717) is 23.3 Å². The van der Waals surface area contributed by atoms with Gasteiger partial charge in [0.05, 0.1) is 14.2 Å². The van der Waals surface area contributed by atoms with Crippen LogP contribution in [-0.2, 0) is 9.12 Å². The maximum Gasteiger partial charge on any atom is 0.145 e. The molecule has 0 aromatic heterocycles. The summed E-state index contributed by atoms with van der Waals surface area (Å²) in [6.45, 7) is 0. The predicted octanol–water partition coefficient (Wildman–Crippen LogP) is 3.68. The van der Waals surface area contributed by atoms with Crippen LogP contribution in [0, 0.1) is 5.82 Å². The van der Waals surface area contributed by atoms with Gasteiger partial charge in [0.1, 0.15) is 27.9 Å². The summed E-state index contributed by atoms with van der Waals surface area (Å²) in [5.41, 5.74) is 0.758. The Morgan fingerprint density at radius 3 is 2.14 bits per heavy atom. The number of aldehydes is 1. The van der Waals surface area contributed by atoms with Crippen LogP contribution >= 0.6 is 15.9 Å². The summed E-state index contributed by atoms with van der Waals surface area (Å²) < 4.78 is 23.2. The van der Waals surface area contributed by atoms with E-state index in [0.717, 1.165) is 0 Å². The summed E-state index contributed by atoms with van der Waals surface area (Å²) in [6, 6.07) is 11.1. The first-order valence-corrected chi connectivity index (χ1v) is 6.98. The number of hydrogen-bond acceptors (Lipinski definition) is 3. The summed E-state index contributed by atoms with van der Waals surface area (Å²) in [6.07, 6.45) is 0.652. The van der Waals surface area contributed by atoms with Crippen molar-refractivity contribution in [3.05, 3.63) is 59.4 Å². The van der Waals surface area contributed by atoms with Gasteiger partial charge in [-0.3, -0.25) is 0 Å². The van der Waals surface area contributed by atoms with Crippen LogP contribution in [0.3, 0.4) is 0 Å². The normalized spacial score (nSPS) is 13.3. The minimum Gasteiger partial charge on any atom is -0.497 e. The van der Waals surface area contributed by atoms with Crippen LogP contribution in [0.1, 0.15) is 11.1 Å². The molecule has 110 valence electrons. The first kappa shape index (κ1) is 15.5. The third kappa shape index (κ3) is 2.93. The Hall–Kier alpha value is -1.88. The highest BCUT2D eigenvalue weighted by Crippen LogP contribution is 2.41. The van der Waals surface area contributed by atoms with Crippen molar-refractivity contribution < 1.29 is 18.7 Å². The summed E-state index contributed by atoms with van der Waals surface area (Å²) >= 11 is 3.36. The molecule has 0 aliphatic carbocycles. The second kappa shape index (κ2) is 6.26. The summed E-state index contributed by atoms with van der Waals surface area (Å²) in [7, 11) is 3.02. The van der Waals surface area contributed by atoms with Gasteiger partial charge in [-0.05, 0) is 23.8 Å². The monoisotopic (exact) mass is 352 g/mol. The van der Waals surface area contributed by atoms with Gasteiger partial charge in [0.2, 0.25) is 0 Å². The van der Waals surface area contributed by atoms with E-state index in [9.17, 15) is 9.18 Å². The third-order valence-electron chi connectivity index (χ3n) is 3.20. The van der Waals surface area contributed by atoms with Crippen molar-refractivity contribution in [2.75, 3.05) is 14.2 Å². The highest BCUT2D eigenvalue weighted by molar-refractivity contribution is 9.10. The quantitative estimate of drug-likeness (QED) is 0.608. The van der Waals surface area contributed by atoms with Crippen LogP contribution in [0.2, 0.25) is 0 Å². The molecule has 21 heavy (non-hydrogen) atoms. The number of benzene rings is 2. The van der Waals surface area contributed by atoms with Gasteiger partial charge in [0, 0.05) is 11.6 Å². The maximum absolute atomic E-state index is 14.1. The number of hydrogen-bond donors (Lipinski definition) is 0. The Morgan fingerprint density at radius 2 is 1.67 bits per heavy atom. The number of halogens is 2. The molecule has 3 nitrogen and oxygen atoms in total. The number of alkyl halides is 1. The largest absolute Gasteiger partial charge is 0.497 e. The van der Waals surface area contributed by atoms with E-state index in [1.165, 1.54) is 20.3 Å². The number of carbonyl (C=O) groups excluding carboxylic acids is 1. The minimum absolute atomic E-state index is 0.232. The van der Waals surface area contributed by atoms with Gasteiger partial charge in [-0.2, -0.15) is 0 Å². The fraction of sp³-hybridized carbons (Fsp3) is 0.188. The molecule has 0 saturated heterocycles. The van der Waals surface area contributed by atoms with E-state index in [1.54, 1.807) is 36.4 Å². The molecule has 2 aromatic rings. The molecule has 0 saturated carbocycles. The molecular weight excluding hydrogens is 339 g/mol. The standard InChI is InChI=1S/C16H14BrFO3/c1-20-12-7-11(8-13(9-12)21-2)16(17,10-19)14-5-3-4-6-15(14)18/h3-10H,1-2H3. The van der Waals surface area contributed by atoms with Gasteiger partial charge in [-0.15, -0.1) is 0 Å². The van der Waals surface area contributed by atoms with Gasteiger partial charge < -0.3 is 14.3 Å². The van der Waals surface area contributed by atoms with Gasteiger partial charge >= 0.3 is 0 Å². The minimum atomic E-state index is -1.31. The second-order valence-corrected chi connectivity index (χ2v) is 5.66. The number of ether oxygens (including phenoxy) is 2. The fourth-order valence-electron chi connectivity index (χ4n) is 2.06. The Labute approximate surface area is 130 Å². The first-order chi connectivity index (χ1) is 10.0. The molecular formula is C16H14BrFO3. The van der Waals surface area contributed by atoms with E-state index in [-0.39, 0.29) is 5.56 Å². The molecule has 0 aliphatic heterocycles. The highest BCUT2D eigenvalue weighted by Gasteiger charge is 2.34. The summed E-state index contributed by atoms with van der Waals surface area (Å²) in [4.78, 5) is 11.7. The van der Waals surface area contributed by atoms with Crippen LogP contribution in [0.15, 0.2) is 42.5 Å². The Balaban J connectivity index is 2.65. The molecule has 0 amide bonds. The predicted molar refractivity (Wildman–Crippen MR) is 81.7 cm³/mol. The van der Waals surface area contributed by atoms with Crippen LogP contribution in [0.4, 0.5) is 4.39 Å². The van der Waals surface area contributed by atoms with Gasteiger partial charge in [0.25, 0.3) is 0 Å². The van der Waals surface area contributed by atoms with Crippen LogP contribution in [0.5, 0.6) is 11.5 Å². The molecule has 1 atom stereocenters. The Morgan fingerprint density at radius 1 is 1.10 bits per heavy atom. The Kier molecular flexibility index (Phi) is 4.63. The highest BCUT2D eigenvalue weighted by atomic mass is 79.9. The van der Waals surface area contributed by atoms with Gasteiger partial charge in [-0.1, -0.05) is 34.1 Å². The molecule has 1 unspecified atom stereocenters. The van der Waals surface area contributed by atoms with Crippen molar-refractivity contribution in [1.29, 1.82) is 0 Å². The number of carbonyl (C=O) groups is 1. The molecule has 2 rings (SSSR count). The summed E-state index contributed by atoms with van der Waals surface area (Å²) in [5, 5.41) is 0. The molecule has 5 heteroatoms. The average molecular weight is 353 g/mol. The van der Waals surface area contributed by atoms with Crippen LogP contribution < -0.4 is 9.47 Å². The first-order valence-electron chi connectivity index (χ1n) is 6.19. The van der Waals surface area contributed by atoms with E-state index in [4.69, 9.17) is 9.47 Å². The van der Waals surface area contributed by atoms with E-state index in [1.807, 2.05) is 0 Å². The van der Waals surface area contributed by atoms with Crippen molar-refractivity contribution in [1.82, 2.24) is 0 Å². The lowest BCUT2D eigenvalue weighted by atomic mass is 9.91. The maximum atomic E-state index is 14.1. The van der Waals surface area contributed by atoms with E-state index < -0.39 is 10.1 Å². The Bertz CT molecular complexity index is 637. The lowest BCUT2D eigenvalue weighted by Crippen LogP contribution is -2.23. The lowest BCUT2D eigenvalue weighted by molar-refractivity contribution is -0.109. The molecule has 0 bridgehead atoms. The fourth-order valence-corrected chi connectivity index (χ4v) is 2.61. The molecule has 0 radical (unpaired) electrons. The van der Waals surface area contributed by atoms with Crippen LogP contribution in [-0.4, -0.2) is 20.5 Å². The van der Waals surface area contributed by atoms with Gasteiger partial charge in [0.15, 0.2) is 0 Å². The number of rotatable bonds is 5. The SMILES string of the molecule is COc1cc(OC)cc(C(Br)(C=O)c2ccccc2F)c1. The zero-order valence-electron chi connectivity index (χ0n) is 11.6. The average Bonchev–Trinajstić information content (AvgIpc) is 2.54. The molecule has 0 fully saturated rings. The van der Waals surface area contributed by atoms with E-state index >= 15 is 0 Å². The summed E-state index contributed by atoms with van der Waals surface area (Å²) in [5.74, 6) is 0.570. The molecule has 0 N–H and O–H groups in total. The zero-order valence-corrected chi connectivity index (χ0v) is 13.2. The molecule has 0 heterocycles. The van der Waals surface area contributed by atoms with Crippen molar-refractivity contribution in [2.24, 2.45) is 0 Å². The van der Waals surface area contributed by atoms with Crippen molar-refractivity contribution in [3.8, 4) is 11.5 Å². The van der Waals surface area contributed by atoms with Gasteiger partial charge in [-0.25, -0.2) is 4.39 Å². The number of methoxy groups -OCH3 is 2. The van der Waals surface area contributed by atoms with Crippen molar-refractivity contribution in [3.63, 3.8) is 0 Å². The topological polar surface area (TPSA) is 35.5 Å². The third-order valence-corrected chi connectivity index (χ3v) is 4.27. The lowest BCUT2D eigenvalue weighted by Gasteiger charge is -2.23. The molecule has 2 aromatic carbocycles. The zero-order chi connectivity index (χ0) is 15.5. The van der Waals surface area contributed by atoms with Crippen LogP contribution in [0.25, 0.3) is 0 Å². The molecule has 0 spiro atoms. The van der Waals surface area contributed by atoms with Crippen molar-refractivity contribution >= 4 is 22.2 Å².